The van der Waals surface area contributed by atoms with Gasteiger partial charge in [0.25, 0.3) is 5.91 Å². The second-order valence-electron chi connectivity index (χ2n) is 5.24. The maximum absolute atomic E-state index is 12.4. The number of aromatic hydroxyl groups is 1. The predicted molar refractivity (Wildman–Crippen MR) is 83.6 cm³/mol. The molecule has 0 aromatic heterocycles. The molecule has 2 aromatic carbocycles. The molecule has 25 heavy (non-hydrogen) atoms. The number of methoxy groups -OCH3 is 1. The van der Waals surface area contributed by atoms with Crippen LogP contribution in [0.15, 0.2) is 42.5 Å². The van der Waals surface area contributed by atoms with Crippen LogP contribution in [0.4, 0.5) is 13.2 Å². The van der Waals surface area contributed by atoms with Crippen molar-refractivity contribution in [3.05, 3.63) is 53.6 Å². The van der Waals surface area contributed by atoms with Gasteiger partial charge in [0.1, 0.15) is 17.2 Å². The van der Waals surface area contributed by atoms with Crippen molar-refractivity contribution in [3.8, 4) is 17.2 Å². The van der Waals surface area contributed by atoms with Crippen molar-refractivity contribution in [3.63, 3.8) is 0 Å². The van der Waals surface area contributed by atoms with Crippen LogP contribution in [0.1, 0.15) is 15.9 Å². The number of phenols is 1. The lowest BCUT2D eigenvalue weighted by atomic mass is 10.1. The van der Waals surface area contributed by atoms with E-state index < -0.39 is 12.3 Å². The van der Waals surface area contributed by atoms with Crippen LogP contribution in [0.3, 0.4) is 0 Å². The number of hydrogen-bond donors (Lipinski definition) is 1. The van der Waals surface area contributed by atoms with Crippen LogP contribution in [0.5, 0.6) is 17.2 Å². The van der Waals surface area contributed by atoms with Gasteiger partial charge >= 0.3 is 6.36 Å². The molecule has 2 rings (SSSR count). The Kier molecular flexibility index (Phi) is 5.41. The molecular formula is C17H16F3NO4. The summed E-state index contributed by atoms with van der Waals surface area (Å²) in [6, 6.07) is 9.51. The fourth-order valence-electron chi connectivity index (χ4n) is 2.17. The fourth-order valence-corrected chi connectivity index (χ4v) is 2.17. The van der Waals surface area contributed by atoms with Gasteiger partial charge in [-0.15, -0.1) is 13.2 Å². The van der Waals surface area contributed by atoms with Crippen LogP contribution in [0.25, 0.3) is 0 Å². The molecule has 0 atom stereocenters. The van der Waals surface area contributed by atoms with Gasteiger partial charge in [0.15, 0.2) is 0 Å². The molecule has 5 nitrogen and oxygen atoms in total. The summed E-state index contributed by atoms with van der Waals surface area (Å²) in [5.74, 6) is -0.573. The summed E-state index contributed by atoms with van der Waals surface area (Å²) in [6.45, 7) is 0.149. The summed E-state index contributed by atoms with van der Waals surface area (Å²) in [5.41, 5.74) is 0.707. The number of rotatable bonds is 5. The molecule has 0 aliphatic heterocycles. The highest BCUT2D eigenvalue weighted by Crippen LogP contribution is 2.26. The van der Waals surface area contributed by atoms with Crippen LogP contribution >= 0.6 is 0 Å². The Morgan fingerprint density at radius 3 is 2.24 bits per heavy atom. The smallest absolute Gasteiger partial charge is 0.507 e. The zero-order chi connectivity index (χ0) is 18.6. The van der Waals surface area contributed by atoms with E-state index in [0.717, 1.165) is 0 Å². The van der Waals surface area contributed by atoms with E-state index in [4.69, 9.17) is 4.74 Å². The van der Waals surface area contributed by atoms with E-state index in [1.54, 1.807) is 6.07 Å². The van der Waals surface area contributed by atoms with E-state index in [1.165, 1.54) is 55.5 Å². The summed E-state index contributed by atoms with van der Waals surface area (Å²) < 4.78 is 45.1. The molecule has 134 valence electrons. The number of ether oxygens (including phenoxy) is 2. The number of amides is 1. The van der Waals surface area contributed by atoms with Crippen LogP contribution in [0, 0.1) is 0 Å². The van der Waals surface area contributed by atoms with Crippen LogP contribution in [-0.4, -0.2) is 36.4 Å². The van der Waals surface area contributed by atoms with Crippen molar-refractivity contribution in [1.82, 2.24) is 4.90 Å². The topological polar surface area (TPSA) is 59.0 Å². The van der Waals surface area contributed by atoms with Gasteiger partial charge in [-0.1, -0.05) is 12.1 Å². The third-order valence-corrected chi connectivity index (χ3v) is 3.36. The zero-order valence-electron chi connectivity index (χ0n) is 13.5. The van der Waals surface area contributed by atoms with E-state index in [0.29, 0.717) is 11.3 Å². The van der Waals surface area contributed by atoms with Gasteiger partial charge in [-0.3, -0.25) is 4.79 Å². The first-order valence-electron chi connectivity index (χ1n) is 7.17. The highest BCUT2D eigenvalue weighted by molar-refractivity contribution is 5.96. The maximum Gasteiger partial charge on any atom is 0.573 e. The van der Waals surface area contributed by atoms with E-state index in [-0.39, 0.29) is 23.6 Å². The van der Waals surface area contributed by atoms with E-state index in [1.807, 2.05) is 0 Å². The van der Waals surface area contributed by atoms with Crippen LogP contribution in [-0.2, 0) is 6.54 Å². The van der Waals surface area contributed by atoms with E-state index >= 15 is 0 Å². The average molecular weight is 355 g/mol. The number of nitrogens with zero attached hydrogens (tertiary/aromatic N) is 1. The third-order valence-electron chi connectivity index (χ3n) is 3.36. The van der Waals surface area contributed by atoms with Gasteiger partial charge in [0.05, 0.1) is 12.7 Å². The first kappa shape index (κ1) is 18.4. The van der Waals surface area contributed by atoms with Crippen molar-refractivity contribution in [1.29, 1.82) is 0 Å². The second-order valence-corrected chi connectivity index (χ2v) is 5.24. The number of phenolic OH excluding ortho intramolecular Hbond substituents is 1. The van der Waals surface area contributed by atoms with Gasteiger partial charge in [0, 0.05) is 19.7 Å². The zero-order valence-corrected chi connectivity index (χ0v) is 13.5. The number of hydrogen-bond acceptors (Lipinski definition) is 4. The summed E-state index contributed by atoms with van der Waals surface area (Å²) in [7, 11) is 2.96. The molecule has 0 fully saturated rings. The molecule has 0 unspecified atom stereocenters. The first-order chi connectivity index (χ1) is 11.7. The minimum atomic E-state index is -4.75. The predicted octanol–water partition coefficient (Wildman–Crippen LogP) is 3.57. The lowest BCUT2D eigenvalue weighted by Gasteiger charge is -2.18. The summed E-state index contributed by atoms with van der Waals surface area (Å²) in [5, 5.41) is 9.90. The Balaban J connectivity index is 2.06. The van der Waals surface area contributed by atoms with Gasteiger partial charge in [-0.25, -0.2) is 0 Å². The van der Waals surface area contributed by atoms with Crippen molar-refractivity contribution in [2.24, 2.45) is 0 Å². The Bertz CT molecular complexity index is 745. The minimum absolute atomic E-state index is 0.0975. The molecule has 1 N–H and O–H groups in total. The van der Waals surface area contributed by atoms with Gasteiger partial charge < -0.3 is 19.5 Å². The summed E-state index contributed by atoms with van der Waals surface area (Å²) >= 11 is 0. The molecule has 0 radical (unpaired) electrons. The normalized spacial score (nSPS) is 11.1. The molecule has 8 heteroatoms. The molecule has 0 saturated carbocycles. The lowest BCUT2D eigenvalue weighted by Crippen LogP contribution is -2.26. The van der Waals surface area contributed by atoms with Gasteiger partial charge in [0.2, 0.25) is 0 Å². The number of alkyl halides is 3. The molecule has 0 bridgehead atoms. The number of benzene rings is 2. The second kappa shape index (κ2) is 7.33. The number of carbonyl (C=O) groups is 1. The Labute approximate surface area is 142 Å². The summed E-state index contributed by atoms with van der Waals surface area (Å²) in [6.07, 6.45) is -4.75. The molecule has 2 aromatic rings. The SMILES string of the molecule is COc1ccc(C(=O)N(C)Cc2ccc(OC(F)(F)F)cc2)c(O)c1. The van der Waals surface area contributed by atoms with E-state index in [9.17, 15) is 23.1 Å². The van der Waals surface area contributed by atoms with Crippen molar-refractivity contribution in [2.45, 2.75) is 12.9 Å². The third kappa shape index (κ3) is 5.03. The highest BCUT2D eigenvalue weighted by Gasteiger charge is 2.31. The van der Waals surface area contributed by atoms with Crippen LogP contribution < -0.4 is 9.47 Å². The average Bonchev–Trinajstić information content (AvgIpc) is 2.54. The quantitative estimate of drug-likeness (QED) is 0.891. The van der Waals surface area contributed by atoms with Crippen molar-refractivity contribution < 1.29 is 32.5 Å². The first-order valence-corrected chi connectivity index (χ1v) is 7.17. The standard InChI is InChI=1S/C17H16F3NO4/c1-21(16(23)14-8-7-13(24-2)9-15(14)22)10-11-3-5-12(6-4-11)25-17(18,19)20/h3-9,22H,10H2,1-2H3. The highest BCUT2D eigenvalue weighted by atomic mass is 19.4. The fraction of sp³-hybridized carbons (Fsp3) is 0.235. The molecule has 0 aliphatic carbocycles. The number of halogens is 3. The molecule has 0 spiro atoms. The van der Waals surface area contributed by atoms with Crippen molar-refractivity contribution >= 4 is 5.91 Å². The lowest BCUT2D eigenvalue weighted by molar-refractivity contribution is -0.274. The molecule has 0 aliphatic rings. The molecule has 1 amide bonds. The van der Waals surface area contributed by atoms with E-state index in [2.05, 4.69) is 4.74 Å². The Hall–Kier alpha value is -2.90. The monoisotopic (exact) mass is 355 g/mol. The maximum atomic E-state index is 12.4. The number of carbonyl (C=O) groups excluding carboxylic acids is 1. The summed E-state index contributed by atoms with van der Waals surface area (Å²) in [4.78, 5) is 13.7. The van der Waals surface area contributed by atoms with Gasteiger partial charge in [-0.2, -0.15) is 0 Å². The Morgan fingerprint density at radius 2 is 1.72 bits per heavy atom. The molecule has 0 heterocycles. The Morgan fingerprint density at radius 1 is 1.12 bits per heavy atom. The molecular weight excluding hydrogens is 339 g/mol. The van der Waals surface area contributed by atoms with Crippen molar-refractivity contribution in [2.75, 3.05) is 14.2 Å². The minimum Gasteiger partial charge on any atom is -0.507 e. The molecule has 0 saturated heterocycles. The van der Waals surface area contributed by atoms with Gasteiger partial charge in [-0.05, 0) is 29.8 Å². The largest absolute Gasteiger partial charge is 0.573 e. The van der Waals surface area contributed by atoms with Crippen LogP contribution in [0.2, 0.25) is 0 Å².